The molecule has 0 amide bonds. The second kappa shape index (κ2) is 5.79. The van der Waals surface area contributed by atoms with Gasteiger partial charge < -0.3 is 10.5 Å². The molecule has 0 heterocycles. The third kappa shape index (κ3) is 3.70. The summed E-state index contributed by atoms with van der Waals surface area (Å²) >= 11 is 0. The molecule has 2 N–H and O–H groups in total. The molecule has 1 aliphatic carbocycles. The number of ether oxygens (including phenoxy) is 1. The van der Waals surface area contributed by atoms with Crippen molar-refractivity contribution < 1.29 is 9.66 Å². The van der Waals surface area contributed by atoms with E-state index in [0.29, 0.717) is 12.0 Å². The Balaban J connectivity index is 1.92. The van der Waals surface area contributed by atoms with Gasteiger partial charge in [0.25, 0.3) is 5.69 Å². The van der Waals surface area contributed by atoms with Crippen molar-refractivity contribution in [1.82, 2.24) is 0 Å². The van der Waals surface area contributed by atoms with Crippen LogP contribution in [0.4, 0.5) is 11.4 Å². The second-order valence-corrected chi connectivity index (χ2v) is 6.32. The van der Waals surface area contributed by atoms with Crippen LogP contribution in [0, 0.1) is 15.5 Å². The SMILES string of the molecule is CC1(C)CCC(OCc2ccc(N)c([N+](=O)[O-])c2)CC1. The molecule has 0 atom stereocenters. The van der Waals surface area contributed by atoms with Crippen LogP contribution in [0.1, 0.15) is 45.1 Å². The molecule has 5 heteroatoms. The van der Waals surface area contributed by atoms with E-state index in [1.807, 2.05) is 0 Å². The number of nitro groups is 1. The highest BCUT2D eigenvalue weighted by Gasteiger charge is 2.27. The van der Waals surface area contributed by atoms with Gasteiger partial charge in [0, 0.05) is 6.07 Å². The third-order valence-corrected chi connectivity index (χ3v) is 4.06. The van der Waals surface area contributed by atoms with Crippen molar-refractivity contribution in [2.24, 2.45) is 5.41 Å². The van der Waals surface area contributed by atoms with Crippen LogP contribution in [0.2, 0.25) is 0 Å². The summed E-state index contributed by atoms with van der Waals surface area (Å²) < 4.78 is 5.87. The van der Waals surface area contributed by atoms with Crippen LogP contribution >= 0.6 is 0 Å². The van der Waals surface area contributed by atoms with Gasteiger partial charge in [-0.2, -0.15) is 0 Å². The van der Waals surface area contributed by atoms with E-state index in [4.69, 9.17) is 10.5 Å². The maximum Gasteiger partial charge on any atom is 0.292 e. The quantitative estimate of drug-likeness (QED) is 0.518. The molecule has 110 valence electrons. The van der Waals surface area contributed by atoms with Gasteiger partial charge in [0.1, 0.15) is 5.69 Å². The first-order valence-corrected chi connectivity index (χ1v) is 7.02. The molecular formula is C15H22N2O3. The van der Waals surface area contributed by atoms with Gasteiger partial charge in [-0.05, 0) is 42.7 Å². The molecule has 1 aliphatic rings. The number of hydrogen-bond acceptors (Lipinski definition) is 4. The van der Waals surface area contributed by atoms with Crippen LogP contribution in [0.15, 0.2) is 18.2 Å². The minimum absolute atomic E-state index is 0.0455. The maximum absolute atomic E-state index is 10.8. The topological polar surface area (TPSA) is 78.4 Å². The standard InChI is InChI=1S/C15H22N2O3/c1-15(2)7-5-12(6-8-15)20-10-11-3-4-13(16)14(9-11)17(18)19/h3-4,9,12H,5-8,10,16H2,1-2H3. The van der Waals surface area contributed by atoms with Crippen LogP contribution < -0.4 is 5.73 Å². The number of nitro benzene ring substituents is 1. The lowest BCUT2D eigenvalue weighted by Gasteiger charge is -2.34. The molecule has 0 spiro atoms. The van der Waals surface area contributed by atoms with Crippen molar-refractivity contribution in [2.45, 2.75) is 52.2 Å². The Morgan fingerprint density at radius 2 is 2.05 bits per heavy atom. The molecule has 0 aliphatic heterocycles. The van der Waals surface area contributed by atoms with Crippen LogP contribution in [0.5, 0.6) is 0 Å². The number of benzene rings is 1. The zero-order valence-electron chi connectivity index (χ0n) is 12.1. The highest BCUT2D eigenvalue weighted by molar-refractivity contribution is 5.59. The zero-order chi connectivity index (χ0) is 14.8. The van der Waals surface area contributed by atoms with E-state index in [9.17, 15) is 10.1 Å². The lowest BCUT2D eigenvalue weighted by molar-refractivity contribution is -0.384. The molecule has 1 aromatic rings. The molecular weight excluding hydrogens is 256 g/mol. The molecule has 20 heavy (non-hydrogen) atoms. The van der Waals surface area contributed by atoms with Crippen molar-refractivity contribution in [3.05, 3.63) is 33.9 Å². The van der Waals surface area contributed by atoms with Gasteiger partial charge in [0.2, 0.25) is 0 Å². The Morgan fingerprint density at radius 3 is 2.65 bits per heavy atom. The maximum atomic E-state index is 10.8. The molecule has 0 bridgehead atoms. The Bertz CT molecular complexity index is 490. The van der Waals surface area contributed by atoms with E-state index in [1.54, 1.807) is 12.1 Å². The molecule has 1 saturated carbocycles. The fourth-order valence-electron chi connectivity index (χ4n) is 2.59. The smallest absolute Gasteiger partial charge is 0.292 e. The first kappa shape index (κ1) is 14.8. The summed E-state index contributed by atoms with van der Waals surface area (Å²) in [5, 5.41) is 10.8. The molecule has 0 saturated heterocycles. The first-order chi connectivity index (χ1) is 9.37. The number of rotatable bonds is 4. The van der Waals surface area contributed by atoms with Crippen LogP contribution in [0.3, 0.4) is 0 Å². The Hall–Kier alpha value is -1.62. The highest BCUT2D eigenvalue weighted by Crippen LogP contribution is 2.36. The van der Waals surface area contributed by atoms with Gasteiger partial charge >= 0.3 is 0 Å². The third-order valence-electron chi connectivity index (χ3n) is 4.06. The van der Waals surface area contributed by atoms with E-state index in [-0.39, 0.29) is 17.5 Å². The molecule has 2 rings (SSSR count). The van der Waals surface area contributed by atoms with E-state index in [0.717, 1.165) is 18.4 Å². The van der Waals surface area contributed by atoms with Crippen molar-refractivity contribution in [3.63, 3.8) is 0 Å². The predicted octanol–water partition coefficient (Wildman–Crippen LogP) is 3.66. The summed E-state index contributed by atoms with van der Waals surface area (Å²) in [6, 6.07) is 4.86. The summed E-state index contributed by atoms with van der Waals surface area (Å²) in [7, 11) is 0. The van der Waals surface area contributed by atoms with E-state index in [1.165, 1.54) is 18.9 Å². The van der Waals surface area contributed by atoms with Crippen LogP contribution in [-0.2, 0) is 11.3 Å². The number of nitrogens with two attached hydrogens (primary N) is 1. The van der Waals surface area contributed by atoms with Crippen molar-refractivity contribution in [3.8, 4) is 0 Å². The summed E-state index contributed by atoms with van der Waals surface area (Å²) in [6.07, 6.45) is 4.72. The molecule has 0 unspecified atom stereocenters. The Kier molecular flexibility index (Phi) is 4.28. The molecule has 1 aromatic carbocycles. The Morgan fingerprint density at radius 1 is 1.40 bits per heavy atom. The lowest BCUT2D eigenvalue weighted by atomic mass is 9.76. The normalized spacial score (nSPS) is 18.9. The van der Waals surface area contributed by atoms with Crippen molar-refractivity contribution in [2.75, 3.05) is 5.73 Å². The minimum atomic E-state index is -0.456. The minimum Gasteiger partial charge on any atom is -0.393 e. The highest BCUT2D eigenvalue weighted by atomic mass is 16.6. The fraction of sp³-hybridized carbons (Fsp3) is 0.600. The predicted molar refractivity (Wildman–Crippen MR) is 78.3 cm³/mol. The monoisotopic (exact) mass is 278 g/mol. The first-order valence-electron chi connectivity index (χ1n) is 7.02. The van der Waals surface area contributed by atoms with Gasteiger partial charge in [0.05, 0.1) is 17.6 Å². The molecule has 1 fully saturated rings. The van der Waals surface area contributed by atoms with E-state index < -0.39 is 4.92 Å². The van der Waals surface area contributed by atoms with Gasteiger partial charge in [-0.15, -0.1) is 0 Å². The van der Waals surface area contributed by atoms with Gasteiger partial charge in [-0.3, -0.25) is 10.1 Å². The fourth-order valence-corrected chi connectivity index (χ4v) is 2.59. The number of hydrogen-bond donors (Lipinski definition) is 1. The summed E-state index contributed by atoms with van der Waals surface area (Å²) in [4.78, 5) is 10.4. The van der Waals surface area contributed by atoms with E-state index in [2.05, 4.69) is 13.8 Å². The van der Waals surface area contributed by atoms with Crippen LogP contribution in [0.25, 0.3) is 0 Å². The number of nitrogen functional groups attached to an aromatic ring is 1. The molecule has 0 radical (unpaired) electrons. The summed E-state index contributed by atoms with van der Waals surface area (Å²) in [6.45, 7) is 4.98. The van der Waals surface area contributed by atoms with Crippen LogP contribution in [-0.4, -0.2) is 11.0 Å². The van der Waals surface area contributed by atoms with E-state index >= 15 is 0 Å². The Labute approximate surface area is 119 Å². The van der Waals surface area contributed by atoms with Gasteiger partial charge in [-0.1, -0.05) is 19.9 Å². The summed E-state index contributed by atoms with van der Waals surface area (Å²) in [5.74, 6) is 0. The van der Waals surface area contributed by atoms with Gasteiger partial charge in [0.15, 0.2) is 0 Å². The van der Waals surface area contributed by atoms with Crippen molar-refractivity contribution in [1.29, 1.82) is 0 Å². The summed E-state index contributed by atoms with van der Waals surface area (Å²) in [5.41, 5.74) is 6.94. The zero-order valence-corrected chi connectivity index (χ0v) is 12.1. The lowest BCUT2D eigenvalue weighted by Crippen LogP contribution is -2.26. The molecule has 0 aromatic heterocycles. The average molecular weight is 278 g/mol. The van der Waals surface area contributed by atoms with Crippen molar-refractivity contribution >= 4 is 11.4 Å². The number of anilines is 1. The number of nitrogens with zero attached hydrogens (tertiary/aromatic N) is 1. The van der Waals surface area contributed by atoms with Gasteiger partial charge in [-0.25, -0.2) is 0 Å². The largest absolute Gasteiger partial charge is 0.393 e. The second-order valence-electron chi connectivity index (χ2n) is 6.32. The molecule has 5 nitrogen and oxygen atoms in total. The average Bonchev–Trinajstić information content (AvgIpc) is 2.38.